The van der Waals surface area contributed by atoms with Crippen molar-refractivity contribution in [3.05, 3.63) is 0 Å². The molecule has 0 aliphatic carbocycles. The largest absolute Gasteiger partial charge is 0.480 e. The summed E-state index contributed by atoms with van der Waals surface area (Å²) in [5.41, 5.74) is -0.654. The van der Waals surface area contributed by atoms with Gasteiger partial charge in [-0.05, 0) is 27.2 Å². The van der Waals surface area contributed by atoms with Gasteiger partial charge in [-0.25, -0.2) is 9.59 Å². The van der Waals surface area contributed by atoms with E-state index in [9.17, 15) is 9.59 Å². The number of methoxy groups -OCH3 is 1. The molecule has 0 aromatic carbocycles. The maximum absolute atomic E-state index is 11.5. The lowest BCUT2D eigenvalue weighted by Gasteiger charge is -2.23. The van der Waals surface area contributed by atoms with E-state index in [2.05, 4.69) is 5.32 Å². The Morgan fingerprint density at radius 1 is 1.33 bits per heavy atom. The first-order valence-electron chi connectivity index (χ1n) is 5.94. The van der Waals surface area contributed by atoms with Gasteiger partial charge in [-0.3, -0.25) is 0 Å². The summed E-state index contributed by atoms with van der Waals surface area (Å²) in [6.07, 6.45) is -0.0559. The van der Waals surface area contributed by atoms with Crippen molar-refractivity contribution >= 4 is 12.1 Å². The number of carbonyl (C=O) groups excluding carboxylic acids is 1. The molecule has 106 valence electrons. The molecule has 0 aromatic heterocycles. The van der Waals surface area contributed by atoms with Crippen molar-refractivity contribution in [2.45, 2.75) is 58.3 Å². The normalized spacial score (nSPS) is 14.7. The molecule has 0 rings (SSSR count). The Balaban J connectivity index is 4.45. The van der Waals surface area contributed by atoms with Gasteiger partial charge >= 0.3 is 12.1 Å². The lowest BCUT2D eigenvalue weighted by molar-refractivity contribution is -0.140. The Morgan fingerprint density at radius 3 is 2.22 bits per heavy atom. The van der Waals surface area contributed by atoms with Crippen molar-refractivity contribution in [2.75, 3.05) is 7.11 Å². The van der Waals surface area contributed by atoms with Gasteiger partial charge in [0.15, 0.2) is 0 Å². The maximum Gasteiger partial charge on any atom is 0.408 e. The third-order valence-corrected chi connectivity index (χ3v) is 2.28. The lowest BCUT2D eigenvalue weighted by atomic mass is 10.1. The number of carboxylic acid groups (broad SMARTS) is 1. The highest BCUT2D eigenvalue weighted by atomic mass is 16.6. The van der Waals surface area contributed by atoms with Gasteiger partial charge in [-0.2, -0.15) is 0 Å². The van der Waals surface area contributed by atoms with Crippen LogP contribution in [0.25, 0.3) is 0 Å². The van der Waals surface area contributed by atoms with Gasteiger partial charge in [0.05, 0.1) is 6.10 Å². The zero-order valence-electron chi connectivity index (χ0n) is 11.6. The molecule has 0 bridgehead atoms. The second-order valence-electron chi connectivity index (χ2n) is 5.04. The highest BCUT2D eigenvalue weighted by Gasteiger charge is 2.26. The monoisotopic (exact) mass is 261 g/mol. The van der Waals surface area contributed by atoms with Crippen LogP contribution in [0.4, 0.5) is 4.79 Å². The van der Waals surface area contributed by atoms with Crippen LogP contribution in [0.1, 0.15) is 40.5 Å². The molecule has 0 aliphatic heterocycles. The molecule has 0 aromatic rings. The highest BCUT2D eigenvalue weighted by molar-refractivity contribution is 5.80. The van der Waals surface area contributed by atoms with E-state index in [0.717, 1.165) is 0 Å². The second-order valence-corrected chi connectivity index (χ2v) is 5.04. The number of amides is 1. The van der Waals surface area contributed by atoms with Crippen molar-refractivity contribution in [1.82, 2.24) is 5.32 Å². The number of alkyl carbamates (subject to hydrolysis) is 1. The zero-order chi connectivity index (χ0) is 14.3. The quantitative estimate of drug-likeness (QED) is 0.761. The molecule has 2 N–H and O–H groups in total. The third-order valence-electron chi connectivity index (χ3n) is 2.28. The van der Waals surface area contributed by atoms with Gasteiger partial charge in [0.25, 0.3) is 0 Å². The molecule has 0 aliphatic rings. The summed E-state index contributed by atoms with van der Waals surface area (Å²) in [5, 5.41) is 11.4. The van der Waals surface area contributed by atoms with Crippen molar-refractivity contribution < 1.29 is 24.2 Å². The van der Waals surface area contributed by atoms with Crippen LogP contribution < -0.4 is 5.32 Å². The predicted molar refractivity (Wildman–Crippen MR) is 66.5 cm³/mol. The van der Waals surface area contributed by atoms with E-state index in [1.54, 1.807) is 20.8 Å². The summed E-state index contributed by atoms with van der Waals surface area (Å²) in [7, 11) is 1.51. The Morgan fingerprint density at radius 2 is 1.89 bits per heavy atom. The SMILES string of the molecule is CCC(CC(NC(=O)OC(C)(C)C)C(=O)O)OC. The lowest BCUT2D eigenvalue weighted by Crippen LogP contribution is -2.45. The number of carbonyl (C=O) groups is 2. The smallest absolute Gasteiger partial charge is 0.408 e. The number of aliphatic carboxylic acids is 1. The Labute approximate surface area is 108 Å². The van der Waals surface area contributed by atoms with Crippen molar-refractivity contribution in [2.24, 2.45) is 0 Å². The summed E-state index contributed by atoms with van der Waals surface area (Å²) >= 11 is 0. The molecule has 2 unspecified atom stereocenters. The molecule has 2 atom stereocenters. The van der Waals surface area contributed by atoms with Gasteiger partial charge in [0.2, 0.25) is 0 Å². The minimum Gasteiger partial charge on any atom is -0.480 e. The van der Waals surface area contributed by atoms with Crippen LogP contribution in [0, 0.1) is 0 Å². The van der Waals surface area contributed by atoms with E-state index < -0.39 is 23.7 Å². The number of ether oxygens (including phenoxy) is 2. The molecule has 0 spiro atoms. The second kappa shape index (κ2) is 7.20. The van der Waals surface area contributed by atoms with E-state index in [1.165, 1.54) is 7.11 Å². The van der Waals surface area contributed by atoms with Crippen LogP contribution in [0.2, 0.25) is 0 Å². The number of rotatable bonds is 6. The fourth-order valence-corrected chi connectivity index (χ4v) is 1.36. The summed E-state index contributed by atoms with van der Waals surface area (Å²) in [6, 6.07) is -1.01. The van der Waals surface area contributed by atoms with E-state index >= 15 is 0 Å². The minimum absolute atomic E-state index is 0.207. The van der Waals surface area contributed by atoms with Crippen LogP contribution in [-0.4, -0.2) is 42.0 Å². The Hall–Kier alpha value is -1.30. The van der Waals surface area contributed by atoms with E-state index in [-0.39, 0.29) is 12.5 Å². The molecule has 6 heteroatoms. The number of hydrogen-bond donors (Lipinski definition) is 2. The maximum atomic E-state index is 11.5. The molecular formula is C12H23NO5. The molecule has 6 nitrogen and oxygen atoms in total. The first kappa shape index (κ1) is 16.7. The molecular weight excluding hydrogens is 238 g/mol. The molecule has 18 heavy (non-hydrogen) atoms. The van der Waals surface area contributed by atoms with Crippen molar-refractivity contribution in [3.8, 4) is 0 Å². The van der Waals surface area contributed by atoms with Crippen LogP contribution in [0.15, 0.2) is 0 Å². The van der Waals surface area contributed by atoms with Crippen LogP contribution in [0.3, 0.4) is 0 Å². The Kier molecular flexibility index (Phi) is 6.68. The van der Waals surface area contributed by atoms with E-state index in [0.29, 0.717) is 6.42 Å². The Bertz CT molecular complexity index is 281. The molecule has 0 saturated carbocycles. The van der Waals surface area contributed by atoms with Crippen molar-refractivity contribution in [3.63, 3.8) is 0 Å². The fourth-order valence-electron chi connectivity index (χ4n) is 1.36. The number of carboxylic acids is 1. The third kappa shape index (κ3) is 7.11. The van der Waals surface area contributed by atoms with Gasteiger partial charge in [0.1, 0.15) is 11.6 Å². The molecule has 1 amide bonds. The topological polar surface area (TPSA) is 84.9 Å². The molecule has 0 radical (unpaired) electrons. The highest BCUT2D eigenvalue weighted by Crippen LogP contribution is 2.10. The van der Waals surface area contributed by atoms with Crippen molar-refractivity contribution in [1.29, 1.82) is 0 Å². The van der Waals surface area contributed by atoms with Crippen LogP contribution >= 0.6 is 0 Å². The first-order valence-corrected chi connectivity index (χ1v) is 5.94. The van der Waals surface area contributed by atoms with Crippen LogP contribution in [0.5, 0.6) is 0 Å². The zero-order valence-corrected chi connectivity index (χ0v) is 11.6. The minimum atomic E-state index is -1.10. The summed E-state index contributed by atoms with van der Waals surface area (Å²) < 4.78 is 10.1. The summed E-state index contributed by atoms with van der Waals surface area (Å²) in [5.74, 6) is -1.10. The number of nitrogens with one attached hydrogen (secondary N) is 1. The first-order chi connectivity index (χ1) is 8.19. The number of hydrogen-bond acceptors (Lipinski definition) is 4. The standard InChI is InChI=1S/C12H23NO5/c1-6-8(17-5)7-9(10(14)15)13-11(16)18-12(2,3)4/h8-9H,6-7H2,1-5H3,(H,13,16)(H,14,15). The van der Waals surface area contributed by atoms with Gasteiger partial charge in [0, 0.05) is 13.5 Å². The molecule has 0 heterocycles. The predicted octanol–water partition coefficient (Wildman–Crippen LogP) is 1.78. The van der Waals surface area contributed by atoms with Gasteiger partial charge < -0.3 is 19.9 Å². The average molecular weight is 261 g/mol. The van der Waals surface area contributed by atoms with Crippen LogP contribution in [-0.2, 0) is 14.3 Å². The van der Waals surface area contributed by atoms with E-state index in [1.807, 2.05) is 6.92 Å². The average Bonchev–Trinajstić information content (AvgIpc) is 2.21. The summed E-state index contributed by atoms with van der Waals surface area (Å²) in [4.78, 5) is 22.5. The molecule has 0 fully saturated rings. The summed E-state index contributed by atoms with van der Waals surface area (Å²) in [6.45, 7) is 7.03. The van der Waals surface area contributed by atoms with Gasteiger partial charge in [-0.15, -0.1) is 0 Å². The fraction of sp³-hybridized carbons (Fsp3) is 0.833. The van der Waals surface area contributed by atoms with E-state index in [4.69, 9.17) is 14.6 Å². The van der Waals surface area contributed by atoms with Gasteiger partial charge in [-0.1, -0.05) is 6.92 Å². The molecule has 0 saturated heterocycles.